The Morgan fingerprint density at radius 1 is 1.07 bits per heavy atom. The molecule has 2 atom stereocenters. The van der Waals surface area contributed by atoms with Gasteiger partial charge in [-0.1, -0.05) is 29.3 Å². The van der Waals surface area contributed by atoms with E-state index >= 15 is 0 Å². The Balaban J connectivity index is 1.84. The van der Waals surface area contributed by atoms with Crippen LogP contribution >= 0.6 is 23.2 Å². The number of likely N-dealkylation sites (tertiary alicyclic amines) is 1. The minimum atomic E-state index is -0.154. The molecule has 0 spiro atoms. The topological polar surface area (TPSA) is 50.8 Å². The van der Waals surface area contributed by atoms with Gasteiger partial charge < -0.3 is 19.7 Å². The highest BCUT2D eigenvalue weighted by Crippen LogP contribution is 2.34. The molecule has 5 nitrogen and oxygen atoms in total. The highest BCUT2D eigenvalue weighted by molar-refractivity contribution is 6.42. The van der Waals surface area contributed by atoms with Crippen molar-refractivity contribution >= 4 is 29.1 Å². The fraction of sp³-hybridized carbons (Fsp3) is 0.381. The summed E-state index contributed by atoms with van der Waals surface area (Å²) < 4.78 is 10.8. The number of nitrogens with one attached hydrogen (secondary N) is 1. The number of carbonyl (C=O) groups is 1. The van der Waals surface area contributed by atoms with E-state index in [1.165, 1.54) is 0 Å². The number of halogens is 2. The minimum Gasteiger partial charge on any atom is -0.493 e. The highest BCUT2D eigenvalue weighted by Gasteiger charge is 2.31. The molecule has 1 fully saturated rings. The van der Waals surface area contributed by atoms with Gasteiger partial charge in [-0.3, -0.25) is 4.79 Å². The molecular weight excluding hydrogens is 399 g/mol. The third-order valence-corrected chi connectivity index (χ3v) is 5.89. The number of nitrogens with zero attached hydrogens (tertiary/aromatic N) is 1. The SMILES string of the molecule is COc1ccc(C2CN(C)CCC2NC(=O)c2ccc(Cl)c(Cl)c2)cc1OC. The van der Waals surface area contributed by atoms with Crippen molar-refractivity contribution in [3.63, 3.8) is 0 Å². The van der Waals surface area contributed by atoms with Crippen LogP contribution in [0.4, 0.5) is 0 Å². The molecule has 0 aliphatic carbocycles. The first-order valence-corrected chi connectivity index (χ1v) is 9.85. The molecule has 150 valence electrons. The van der Waals surface area contributed by atoms with Gasteiger partial charge in [0, 0.05) is 24.1 Å². The first-order valence-electron chi connectivity index (χ1n) is 9.09. The van der Waals surface area contributed by atoms with Gasteiger partial charge in [0.25, 0.3) is 5.91 Å². The molecule has 2 aromatic rings. The Bertz CT molecular complexity index is 860. The molecule has 0 bridgehead atoms. The number of carbonyl (C=O) groups excluding carboxylic acids is 1. The fourth-order valence-corrected chi connectivity index (χ4v) is 3.90. The lowest BCUT2D eigenvalue weighted by molar-refractivity contribution is 0.0904. The first kappa shape index (κ1) is 20.8. The van der Waals surface area contributed by atoms with Gasteiger partial charge in [0.05, 0.1) is 24.3 Å². The number of benzene rings is 2. The molecule has 1 aliphatic heterocycles. The summed E-state index contributed by atoms with van der Waals surface area (Å²) in [4.78, 5) is 15.1. The number of hydrogen-bond donors (Lipinski definition) is 1. The van der Waals surface area contributed by atoms with Gasteiger partial charge >= 0.3 is 0 Å². The Morgan fingerprint density at radius 2 is 1.82 bits per heavy atom. The van der Waals surface area contributed by atoms with Gasteiger partial charge in [0.15, 0.2) is 11.5 Å². The largest absolute Gasteiger partial charge is 0.493 e. The summed E-state index contributed by atoms with van der Waals surface area (Å²) >= 11 is 12.0. The van der Waals surface area contributed by atoms with E-state index in [9.17, 15) is 4.79 Å². The van der Waals surface area contributed by atoms with Crippen molar-refractivity contribution < 1.29 is 14.3 Å². The normalized spacial score (nSPS) is 19.9. The van der Waals surface area contributed by atoms with E-state index in [1.807, 2.05) is 18.2 Å². The summed E-state index contributed by atoms with van der Waals surface area (Å²) in [6.45, 7) is 1.75. The molecule has 2 unspecified atom stereocenters. The van der Waals surface area contributed by atoms with Gasteiger partial charge in [-0.2, -0.15) is 0 Å². The average molecular weight is 423 g/mol. The van der Waals surface area contributed by atoms with E-state index in [2.05, 4.69) is 17.3 Å². The van der Waals surface area contributed by atoms with E-state index in [0.717, 1.165) is 25.1 Å². The lowest BCUT2D eigenvalue weighted by Gasteiger charge is -2.37. The number of amides is 1. The predicted molar refractivity (Wildman–Crippen MR) is 112 cm³/mol. The zero-order valence-corrected chi connectivity index (χ0v) is 17.7. The van der Waals surface area contributed by atoms with Gasteiger partial charge in [-0.15, -0.1) is 0 Å². The van der Waals surface area contributed by atoms with Gasteiger partial charge in [0.2, 0.25) is 0 Å². The van der Waals surface area contributed by atoms with Crippen molar-refractivity contribution in [2.24, 2.45) is 0 Å². The van der Waals surface area contributed by atoms with Crippen LogP contribution in [0.25, 0.3) is 0 Å². The average Bonchev–Trinajstić information content (AvgIpc) is 2.70. The van der Waals surface area contributed by atoms with Crippen LogP contribution in [0.1, 0.15) is 28.3 Å². The van der Waals surface area contributed by atoms with Crippen molar-refractivity contribution in [2.45, 2.75) is 18.4 Å². The molecule has 2 aromatic carbocycles. The van der Waals surface area contributed by atoms with Gasteiger partial charge in [-0.05, 0) is 55.9 Å². The first-order chi connectivity index (χ1) is 13.4. The molecule has 1 heterocycles. The van der Waals surface area contributed by atoms with E-state index in [1.54, 1.807) is 32.4 Å². The molecule has 0 aromatic heterocycles. The quantitative estimate of drug-likeness (QED) is 0.782. The van der Waals surface area contributed by atoms with Crippen LogP contribution in [-0.2, 0) is 0 Å². The van der Waals surface area contributed by atoms with Crippen LogP contribution in [-0.4, -0.2) is 51.2 Å². The van der Waals surface area contributed by atoms with Crippen molar-refractivity contribution in [3.8, 4) is 11.5 Å². The van der Waals surface area contributed by atoms with Crippen LogP contribution in [0.5, 0.6) is 11.5 Å². The molecule has 1 aliphatic rings. The van der Waals surface area contributed by atoms with Crippen LogP contribution in [0.2, 0.25) is 10.0 Å². The van der Waals surface area contributed by atoms with Crippen molar-refractivity contribution in [1.82, 2.24) is 10.2 Å². The molecule has 28 heavy (non-hydrogen) atoms. The smallest absolute Gasteiger partial charge is 0.251 e. The molecule has 7 heteroatoms. The molecule has 0 saturated carbocycles. The summed E-state index contributed by atoms with van der Waals surface area (Å²) in [5.74, 6) is 1.35. The molecule has 0 radical (unpaired) electrons. The number of rotatable bonds is 5. The maximum Gasteiger partial charge on any atom is 0.251 e. The number of likely N-dealkylation sites (N-methyl/N-ethyl adjacent to an activating group) is 1. The Labute approximate surface area is 175 Å². The molecular formula is C21H24Cl2N2O3. The lowest BCUT2D eigenvalue weighted by atomic mass is 9.85. The number of hydrogen-bond acceptors (Lipinski definition) is 4. The van der Waals surface area contributed by atoms with E-state index in [-0.39, 0.29) is 17.9 Å². The zero-order valence-electron chi connectivity index (χ0n) is 16.2. The molecule has 1 amide bonds. The molecule has 1 saturated heterocycles. The van der Waals surface area contributed by atoms with E-state index in [0.29, 0.717) is 27.1 Å². The van der Waals surface area contributed by atoms with Gasteiger partial charge in [0.1, 0.15) is 0 Å². The summed E-state index contributed by atoms with van der Waals surface area (Å²) in [5, 5.41) is 3.98. The third-order valence-electron chi connectivity index (χ3n) is 5.15. The second-order valence-electron chi connectivity index (χ2n) is 6.98. The van der Waals surface area contributed by atoms with Crippen LogP contribution in [0, 0.1) is 0 Å². The predicted octanol–water partition coefficient (Wildman–Crippen LogP) is 4.23. The Morgan fingerprint density at radius 3 is 2.50 bits per heavy atom. The summed E-state index contributed by atoms with van der Waals surface area (Å²) in [5.41, 5.74) is 1.60. The summed E-state index contributed by atoms with van der Waals surface area (Å²) in [7, 11) is 5.33. The van der Waals surface area contributed by atoms with Crippen LogP contribution < -0.4 is 14.8 Å². The van der Waals surface area contributed by atoms with Gasteiger partial charge in [-0.25, -0.2) is 0 Å². The Kier molecular flexibility index (Phi) is 6.70. The number of ether oxygens (including phenoxy) is 2. The number of piperidine rings is 1. The minimum absolute atomic E-state index is 0.00347. The highest BCUT2D eigenvalue weighted by atomic mass is 35.5. The maximum atomic E-state index is 12.8. The molecule has 1 N–H and O–H groups in total. The van der Waals surface area contributed by atoms with E-state index < -0.39 is 0 Å². The third kappa shape index (κ3) is 4.54. The van der Waals surface area contributed by atoms with E-state index in [4.69, 9.17) is 32.7 Å². The lowest BCUT2D eigenvalue weighted by Crippen LogP contribution is -2.48. The monoisotopic (exact) mass is 422 g/mol. The second-order valence-corrected chi connectivity index (χ2v) is 7.80. The zero-order chi connectivity index (χ0) is 20.3. The van der Waals surface area contributed by atoms with Crippen LogP contribution in [0.15, 0.2) is 36.4 Å². The molecule has 3 rings (SSSR count). The number of methoxy groups -OCH3 is 2. The van der Waals surface area contributed by atoms with Crippen molar-refractivity contribution in [3.05, 3.63) is 57.6 Å². The van der Waals surface area contributed by atoms with Crippen molar-refractivity contribution in [1.29, 1.82) is 0 Å². The van der Waals surface area contributed by atoms with Crippen LogP contribution in [0.3, 0.4) is 0 Å². The van der Waals surface area contributed by atoms with Crippen molar-refractivity contribution in [2.75, 3.05) is 34.4 Å². The maximum absolute atomic E-state index is 12.8. The fourth-order valence-electron chi connectivity index (χ4n) is 3.60. The Hall–Kier alpha value is -1.95. The standard InChI is InChI=1S/C21H24Cl2N2O3/c1-25-9-8-18(24-21(26)14-4-6-16(22)17(23)10-14)15(12-25)13-5-7-19(27-2)20(11-13)28-3/h4-7,10-11,15,18H,8-9,12H2,1-3H3,(H,24,26). The second kappa shape index (κ2) is 9.03. The summed E-state index contributed by atoms with van der Waals surface area (Å²) in [6, 6.07) is 10.8. The summed E-state index contributed by atoms with van der Waals surface area (Å²) in [6.07, 6.45) is 0.850.